The third-order valence-electron chi connectivity index (χ3n) is 3.66. The average Bonchev–Trinajstić information content (AvgIpc) is 2.66. The molecule has 0 aromatic carbocycles. The molecule has 30 heavy (non-hydrogen) atoms. The van der Waals surface area contributed by atoms with Crippen LogP contribution in [0.1, 0.15) is 82.1 Å². The summed E-state index contributed by atoms with van der Waals surface area (Å²) in [5, 5.41) is 2.77. The van der Waals surface area contributed by atoms with Gasteiger partial charge < -0.3 is 19.7 Å². The minimum Gasteiger partial charge on any atom is -0.444 e. The Hall–Kier alpha value is -1.56. The second-order valence-electron chi connectivity index (χ2n) is 8.15. The van der Waals surface area contributed by atoms with Crippen LogP contribution in [0.2, 0.25) is 0 Å². The maximum absolute atomic E-state index is 13.0. The van der Waals surface area contributed by atoms with Gasteiger partial charge >= 0.3 is 6.09 Å². The quantitative estimate of drug-likeness (QED) is 0.584. The van der Waals surface area contributed by atoms with Crippen LogP contribution in [-0.2, 0) is 14.3 Å². The Labute approximate surface area is 186 Å². The van der Waals surface area contributed by atoms with Crippen LogP contribution in [0.3, 0.4) is 0 Å². The summed E-state index contributed by atoms with van der Waals surface area (Å²) < 4.78 is 10.8. The molecule has 180 valence electrons. The van der Waals surface area contributed by atoms with Gasteiger partial charge in [0, 0.05) is 19.7 Å². The van der Waals surface area contributed by atoms with Gasteiger partial charge in [0.1, 0.15) is 11.6 Å². The highest BCUT2D eigenvalue weighted by molar-refractivity contribution is 5.85. The van der Waals surface area contributed by atoms with E-state index in [1.54, 1.807) is 0 Å². The maximum atomic E-state index is 13.0. The highest BCUT2D eigenvalue weighted by atomic mass is 16.6. The molecule has 2 amide bonds. The topological polar surface area (TPSA) is 67.9 Å². The van der Waals surface area contributed by atoms with Gasteiger partial charge in [-0.3, -0.25) is 4.79 Å². The van der Waals surface area contributed by atoms with E-state index in [4.69, 9.17) is 9.47 Å². The van der Waals surface area contributed by atoms with E-state index in [0.29, 0.717) is 38.6 Å². The van der Waals surface area contributed by atoms with Crippen molar-refractivity contribution in [2.24, 2.45) is 11.8 Å². The number of amides is 2. The van der Waals surface area contributed by atoms with Crippen molar-refractivity contribution in [3.05, 3.63) is 13.2 Å². The Balaban J connectivity index is -0.00000111. The molecule has 1 saturated heterocycles. The van der Waals surface area contributed by atoms with Crippen molar-refractivity contribution < 1.29 is 19.1 Å². The van der Waals surface area contributed by atoms with E-state index in [9.17, 15) is 9.59 Å². The molecule has 0 aromatic heterocycles. The zero-order valence-electron chi connectivity index (χ0n) is 21.5. The van der Waals surface area contributed by atoms with Gasteiger partial charge in [0.2, 0.25) is 5.91 Å². The molecule has 0 spiro atoms. The third-order valence-corrected chi connectivity index (χ3v) is 3.66. The molecule has 1 fully saturated rings. The summed E-state index contributed by atoms with van der Waals surface area (Å²) in [5.41, 5.74) is -0.581. The van der Waals surface area contributed by atoms with Crippen molar-refractivity contribution in [3.63, 3.8) is 0 Å². The van der Waals surface area contributed by atoms with Crippen molar-refractivity contribution in [3.8, 4) is 0 Å². The van der Waals surface area contributed by atoms with E-state index in [1.165, 1.54) is 0 Å². The van der Waals surface area contributed by atoms with Crippen molar-refractivity contribution in [1.29, 1.82) is 0 Å². The molecule has 0 radical (unpaired) electrons. The van der Waals surface area contributed by atoms with Crippen LogP contribution in [0.15, 0.2) is 13.2 Å². The number of hydrogen-bond donors (Lipinski definition) is 1. The fraction of sp³-hybridized carbons (Fsp3) is 0.833. The zero-order chi connectivity index (χ0) is 24.3. The third kappa shape index (κ3) is 17.3. The van der Waals surface area contributed by atoms with Gasteiger partial charge in [-0.1, -0.05) is 48.5 Å². The van der Waals surface area contributed by atoms with Crippen LogP contribution in [0.25, 0.3) is 0 Å². The first-order valence-corrected chi connectivity index (χ1v) is 11.4. The lowest BCUT2D eigenvalue weighted by atomic mass is 10.0. The lowest BCUT2D eigenvalue weighted by Gasteiger charge is -2.32. The average molecular weight is 431 g/mol. The van der Waals surface area contributed by atoms with Crippen molar-refractivity contribution in [1.82, 2.24) is 10.2 Å². The van der Waals surface area contributed by atoms with Crippen LogP contribution in [0.4, 0.5) is 4.79 Å². The van der Waals surface area contributed by atoms with E-state index in [0.717, 1.165) is 6.42 Å². The molecule has 1 N–H and O–H groups in total. The van der Waals surface area contributed by atoms with Crippen LogP contribution >= 0.6 is 0 Å². The number of alkyl carbamates (subject to hydrolysis) is 1. The van der Waals surface area contributed by atoms with Gasteiger partial charge in [-0.15, -0.1) is 13.2 Å². The van der Waals surface area contributed by atoms with Gasteiger partial charge in [-0.25, -0.2) is 4.79 Å². The van der Waals surface area contributed by atoms with Crippen LogP contribution in [0.5, 0.6) is 0 Å². The van der Waals surface area contributed by atoms with E-state index in [2.05, 4.69) is 25.4 Å². The Morgan fingerprint density at radius 3 is 2.17 bits per heavy atom. The van der Waals surface area contributed by atoms with Crippen LogP contribution in [-0.4, -0.2) is 54.8 Å². The predicted molar refractivity (Wildman–Crippen MR) is 128 cm³/mol. The molecule has 6 heteroatoms. The predicted octanol–water partition coefficient (Wildman–Crippen LogP) is 5.67. The fourth-order valence-electron chi connectivity index (χ4n) is 2.73. The van der Waals surface area contributed by atoms with Crippen molar-refractivity contribution >= 4 is 12.0 Å². The number of hydrogen-bond acceptors (Lipinski definition) is 4. The molecule has 2 atom stereocenters. The lowest BCUT2D eigenvalue weighted by molar-refractivity contribution is -0.135. The molecular weight excluding hydrogens is 380 g/mol. The monoisotopic (exact) mass is 430 g/mol. The van der Waals surface area contributed by atoms with Gasteiger partial charge in [0.05, 0.1) is 6.61 Å². The Bertz CT molecular complexity index is 433. The molecule has 1 aliphatic rings. The Kier molecular flexibility index (Phi) is 21.4. The highest BCUT2D eigenvalue weighted by Crippen LogP contribution is 2.14. The molecule has 1 heterocycles. The molecule has 0 aliphatic carbocycles. The number of nitrogens with zero attached hydrogens (tertiary/aromatic N) is 1. The highest BCUT2D eigenvalue weighted by Gasteiger charge is 2.29. The maximum Gasteiger partial charge on any atom is 0.408 e. The number of ether oxygens (including phenoxy) is 2. The summed E-state index contributed by atoms with van der Waals surface area (Å²) in [6, 6.07) is -0.549. The van der Waals surface area contributed by atoms with E-state index < -0.39 is 17.7 Å². The molecule has 0 saturated carbocycles. The SMILES string of the molecule is C=C.CC.CC.CC(C)C[C@H](NC(=O)OC(C)(C)C)C(=O)N1CCCOCC(C)C1. The summed E-state index contributed by atoms with van der Waals surface area (Å²) in [4.78, 5) is 26.9. The number of carbonyl (C=O) groups is 2. The van der Waals surface area contributed by atoms with E-state index >= 15 is 0 Å². The van der Waals surface area contributed by atoms with E-state index in [1.807, 2.05) is 67.2 Å². The number of carbonyl (C=O) groups excluding carboxylic acids is 2. The largest absolute Gasteiger partial charge is 0.444 e. The summed E-state index contributed by atoms with van der Waals surface area (Å²) in [7, 11) is 0. The molecule has 1 rings (SSSR count). The molecular formula is C24H50N2O4. The van der Waals surface area contributed by atoms with Crippen molar-refractivity contribution in [2.75, 3.05) is 26.3 Å². The normalized spacial score (nSPS) is 17.3. The molecule has 1 aliphatic heterocycles. The zero-order valence-corrected chi connectivity index (χ0v) is 21.5. The molecule has 0 bridgehead atoms. The summed E-state index contributed by atoms with van der Waals surface area (Å²) >= 11 is 0. The van der Waals surface area contributed by atoms with Crippen LogP contribution < -0.4 is 5.32 Å². The second-order valence-corrected chi connectivity index (χ2v) is 8.15. The Morgan fingerprint density at radius 2 is 1.70 bits per heavy atom. The first-order valence-electron chi connectivity index (χ1n) is 11.4. The summed E-state index contributed by atoms with van der Waals surface area (Å²) in [5.74, 6) is 0.559. The van der Waals surface area contributed by atoms with Gasteiger partial charge in [0.15, 0.2) is 0 Å². The van der Waals surface area contributed by atoms with Gasteiger partial charge in [-0.05, 0) is 45.4 Å². The number of rotatable bonds is 4. The second kappa shape index (κ2) is 19.4. The lowest BCUT2D eigenvalue weighted by Crippen LogP contribution is -2.52. The summed E-state index contributed by atoms with van der Waals surface area (Å²) in [6.07, 6.45) is 0.878. The van der Waals surface area contributed by atoms with Crippen molar-refractivity contribution in [2.45, 2.75) is 93.7 Å². The van der Waals surface area contributed by atoms with Gasteiger partial charge in [0.25, 0.3) is 0 Å². The van der Waals surface area contributed by atoms with Crippen LogP contribution in [0, 0.1) is 11.8 Å². The summed E-state index contributed by atoms with van der Waals surface area (Å²) in [6.45, 7) is 28.2. The standard InChI is InChI=1S/C18H34N2O4.2C2H6.C2H4/c1-13(2)10-15(19-17(22)24-18(4,5)6)16(21)20-8-7-9-23-12-14(3)11-20;3*1-2/h13-15H,7-12H2,1-6H3,(H,19,22);2*1-2H3;1-2H2/t14?,15-;;;/m0.../s1. The minimum atomic E-state index is -0.581. The van der Waals surface area contributed by atoms with Gasteiger partial charge in [-0.2, -0.15) is 0 Å². The fourth-order valence-corrected chi connectivity index (χ4v) is 2.73. The molecule has 0 aromatic rings. The first-order chi connectivity index (χ1) is 14.1. The first kappa shape index (κ1) is 33.1. The molecule has 6 nitrogen and oxygen atoms in total. The molecule has 1 unspecified atom stereocenters. The number of nitrogens with one attached hydrogen (secondary N) is 1. The smallest absolute Gasteiger partial charge is 0.408 e. The van der Waals surface area contributed by atoms with E-state index in [-0.39, 0.29) is 11.8 Å². The Morgan fingerprint density at radius 1 is 1.17 bits per heavy atom. The minimum absolute atomic E-state index is 0.0247.